The van der Waals surface area contributed by atoms with E-state index in [1.165, 1.54) is 17.4 Å². The van der Waals surface area contributed by atoms with E-state index in [0.717, 1.165) is 12.1 Å². The molecular formula is C11H9F5N2O3. The van der Waals surface area contributed by atoms with E-state index in [0.29, 0.717) is 5.56 Å². The molecule has 0 aliphatic rings. The summed E-state index contributed by atoms with van der Waals surface area (Å²) in [6.07, 6.45) is -6.00. The van der Waals surface area contributed by atoms with Gasteiger partial charge in [0, 0.05) is 18.7 Å². The van der Waals surface area contributed by atoms with Crippen LogP contribution in [-0.2, 0) is 11.2 Å². The molecule has 10 heteroatoms. The van der Waals surface area contributed by atoms with Crippen LogP contribution in [0.3, 0.4) is 0 Å². The molecule has 116 valence electrons. The lowest BCUT2D eigenvalue weighted by Crippen LogP contribution is -2.50. The summed E-state index contributed by atoms with van der Waals surface area (Å²) < 4.78 is 60.8. The molecule has 1 aromatic carbocycles. The summed E-state index contributed by atoms with van der Waals surface area (Å²) in [6, 6.07) is 4.93. The van der Waals surface area contributed by atoms with Crippen molar-refractivity contribution in [1.82, 2.24) is 5.32 Å². The lowest BCUT2D eigenvalue weighted by Gasteiger charge is -2.18. The minimum absolute atomic E-state index is 0.0440. The Morgan fingerprint density at radius 3 is 2.10 bits per heavy atom. The normalized spacial score (nSPS) is 12.0. The minimum Gasteiger partial charge on any atom is -0.350 e. The monoisotopic (exact) mass is 312 g/mol. The summed E-state index contributed by atoms with van der Waals surface area (Å²) in [5.74, 6) is -7.89. The third-order valence-electron chi connectivity index (χ3n) is 2.49. The van der Waals surface area contributed by atoms with Crippen LogP contribution in [0.15, 0.2) is 24.3 Å². The zero-order chi connectivity index (χ0) is 16.3. The number of nitrogens with one attached hydrogen (secondary N) is 1. The molecule has 0 fully saturated rings. The highest BCUT2D eigenvalue weighted by atomic mass is 19.4. The Balaban J connectivity index is 2.54. The van der Waals surface area contributed by atoms with Gasteiger partial charge in [0.2, 0.25) is 0 Å². The van der Waals surface area contributed by atoms with Crippen LogP contribution in [0.2, 0.25) is 0 Å². The molecule has 0 bridgehead atoms. The minimum atomic E-state index is -5.95. The summed E-state index contributed by atoms with van der Waals surface area (Å²) >= 11 is 0. The van der Waals surface area contributed by atoms with Crippen molar-refractivity contribution in [2.75, 3.05) is 6.54 Å². The van der Waals surface area contributed by atoms with Gasteiger partial charge >= 0.3 is 12.1 Å². The van der Waals surface area contributed by atoms with Crippen molar-refractivity contribution in [3.63, 3.8) is 0 Å². The Bertz CT molecular complexity index is 528. The van der Waals surface area contributed by atoms with Crippen molar-refractivity contribution in [3.8, 4) is 0 Å². The number of nitro groups is 1. The molecule has 5 nitrogen and oxygen atoms in total. The zero-order valence-electron chi connectivity index (χ0n) is 10.3. The van der Waals surface area contributed by atoms with Gasteiger partial charge in [0.1, 0.15) is 0 Å². The van der Waals surface area contributed by atoms with E-state index in [9.17, 15) is 36.9 Å². The number of halogens is 5. The molecule has 1 aromatic rings. The predicted molar refractivity (Wildman–Crippen MR) is 60.8 cm³/mol. The largest absolute Gasteiger partial charge is 0.463 e. The molecule has 1 amide bonds. The topological polar surface area (TPSA) is 72.2 Å². The first-order valence-corrected chi connectivity index (χ1v) is 5.52. The molecule has 0 aromatic heterocycles. The number of alkyl halides is 5. The van der Waals surface area contributed by atoms with Crippen LogP contribution in [0.4, 0.5) is 27.6 Å². The number of hydrogen-bond donors (Lipinski definition) is 1. The zero-order valence-corrected chi connectivity index (χ0v) is 10.3. The van der Waals surface area contributed by atoms with Crippen LogP contribution in [0.5, 0.6) is 0 Å². The van der Waals surface area contributed by atoms with Crippen LogP contribution in [0, 0.1) is 10.1 Å². The Labute approximate surface area is 114 Å². The molecule has 0 aliphatic carbocycles. The number of carbonyl (C=O) groups is 1. The van der Waals surface area contributed by atoms with Gasteiger partial charge in [0.05, 0.1) is 4.92 Å². The fraction of sp³-hybridized carbons (Fsp3) is 0.364. The summed E-state index contributed by atoms with van der Waals surface area (Å²) in [4.78, 5) is 20.5. The van der Waals surface area contributed by atoms with E-state index < -0.39 is 29.5 Å². The van der Waals surface area contributed by atoms with Gasteiger partial charge in [-0.1, -0.05) is 12.1 Å². The van der Waals surface area contributed by atoms with Crippen molar-refractivity contribution < 1.29 is 31.7 Å². The van der Waals surface area contributed by atoms with E-state index in [4.69, 9.17) is 0 Å². The second-order valence-electron chi connectivity index (χ2n) is 4.00. The third kappa shape index (κ3) is 4.10. The lowest BCUT2D eigenvalue weighted by molar-refractivity contribution is -0.384. The van der Waals surface area contributed by atoms with Gasteiger partial charge in [-0.25, -0.2) is 0 Å². The maximum Gasteiger partial charge on any atom is 0.463 e. The molecule has 0 saturated heterocycles. The number of hydrogen-bond acceptors (Lipinski definition) is 3. The number of amides is 1. The number of nitro benzene ring substituents is 1. The van der Waals surface area contributed by atoms with Gasteiger partial charge in [-0.3, -0.25) is 14.9 Å². The number of benzene rings is 1. The first-order valence-electron chi connectivity index (χ1n) is 5.52. The maximum absolute atomic E-state index is 12.6. The summed E-state index contributed by atoms with van der Waals surface area (Å²) in [5.41, 5.74) is 0.252. The molecule has 0 radical (unpaired) electrons. The van der Waals surface area contributed by atoms with Crippen LogP contribution >= 0.6 is 0 Å². The Hall–Kier alpha value is -2.26. The molecule has 0 heterocycles. The first kappa shape index (κ1) is 16.8. The van der Waals surface area contributed by atoms with E-state index in [-0.39, 0.29) is 12.1 Å². The van der Waals surface area contributed by atoms with Crippen LogP contribution in [-0.4, -0.2) is 29.5 Å². The van der Waals surface area contributed by atoms with E-state index in [1.807, 2.05) is 0 Å². The molecule has 0 saturated carbocycles. The molecule has 0 atom stereocenters. The molecule has 0 unspecified atom stereocenters. The van der Waals surface area contributed by atoms with Gasteiger partial charge in [-0.05, 0) is 12.0 Å². The lowest BCUT2D eigenvalue weighted by atomic mass is 10.1. The molecule has 0 spiro atoms. The molecular weight excluding hydrogens is 303 g/mol. The molecule has 1 rings (SSSR count). The van der Waals surface area contributed by atoms with Gasteiger partial charge in [-0.2, -0.15) is 22.0 Å². The van der Waals surface area contributed by atoms with Gasteiger partial charge in [0.25, 0.3) is 11.6 Å². The van der Waals surface area contributed by atoms with Crippen LogP contribution < -0.4 is 5.32 Å². The highest BCUT2D eigenvalue weighted by Gasteiger charge is 2.63. The van der Waals surface area contributed by atoms with Crippen molar-refractivity contribution in [1.29, 1.82) is 0 Å². The van der Waals surface area contributed by atoms with Gasteiger partial charge in [-0.15, -0.1) is 0 Å². The number of carbonyl (C=O) groups excluding carboxylic acids is 1. The highest BCUT2D eigenvalue weighted by molar-refractivity contribution is 5.84. The standard InChI is InChI=1S/C11H9F5N2O3/c12-10(13,11(14,15)16)9(19)17-6-5-7-1-3-8(4-2-7)18(20)21/h1-4H,5-6H2,(H,17,19). The van der Waals surface area contributed by atoms with Gasteiger partial charge in [0.15, 0.2) is 0 Å². The maximum atomic E-state index is 12.6. The summed E-state index contributed by atoms with van der Waals surface area (Å²) in [6.45, 7) is -0.456. The van der Waals surface area contributed by atoms with Crippen molar-refractivity contribution in [2.24, 2.45) is 0 Å². The van der Waals surface area contributed by atoms with Crippen molar-refractivity contribution in [3.05, 3.63) is 39.9 Å². The Kier molecular flexibility index (Phi) is 4.81. The third-order valence-corrected chi connectivity index (χ3v) is 2.49. The Morgan fingerprint density at radius 2 is 1.67 bits per heavy atom. The average Bonchev–Trinajstić information content (AvgIpc) is 2.37. The fourth-order valence-corrected chi connectivity index (χ4v) is 1.34. The summed E-state index contributed by atoms with van der Waals surface area (Å²) in [5, 5.41) is 11.9. The molecule has 1 N–H and O–H groups in total. The van der Waals surface area contributed by atoms with Crippen molar-refractivity contribution in [2.45, 2.75) is 18.5 Å². The summed E-state index contributed by atoms with van der Waals surface area (Å²) in [7, 11) is 0. The van der Waals surface area contributed by atoms with Crippen LogP contribution in [0.25, 0.3) is 0 Å². The number of rotatable bonds is 5. The quantitative estimate of drug-likeness (QED) is 0.516. The second kappa shape index (κ2) is 6.02. The van der Waals surface area contributed by atoms with E-state index in [1.54, 1.807) is 0 Å². The highest BCUT2D eigenvalue weighted by Crippen LogP contribution is 2.35. The fourth-order valence-electron chi connectivity index (χ4n) is 1.34. The molecule has 0 aliphatic heterocycles. The van der Waals surface area contributed by atoms with Gasteiger partial charge < -0.3 is 5.32 Å². The first-order chi connectivity index (χ1) is 9.55. The number of nitrogens with zero attached hydrogens (tertiary/aromatic N) is 1. The molecule has 21 heavy (non-hydrogen) atoms. The SMILES string of the molecule is O=C(NCCc1ccc([N+](=O)[O-])cc1)C(F)(F)C(F)(F)F. The van der Waals surface area contributed by atoms with E-state index in [2.05, 4.69) is 0 Å². The Morgan fingerprint density at radius 1 is 1.14 bits per heavy atom. The smallest absolute Gasteiger partial charge is 0.350 e. The van der Waals surface area contributed by atoms with E-state index >= 15 is 0 Å². The van der Waals surface area contributed by atoms with Crippen molar-refractivity contribution >= 4 is 11.6 Å². The van der Waals surface area contributed by atoms with Crippen LogP contribution in [0.1, 0.15) is 5.56 Å². The number of non-ortho nitro benzene ring substituents is 1. The average molecular weight is 312 g/mol. The second-order valence-corrected chi connectivity index (χ2v) is 4.00. The predicted octanol–water partition coefficient (Wildman–Crippen LogP) is 2.45.